The van der Waals surface area contributed by atoms with Crippen molar-refractivity contribution < 1.29 is 16.8 Å². The first-order valence-electron chi connectivity index (χ1n) is 12.8. The molecule has 0 spiro atoms. The molecule has 9 heteroatoms. The van der Waals surface area contributed by atoms with Crippen molar-refractivity contribution in [3.63, 3.8) is 0 Å². The zero-order chi connectivity index (χ0) is 26.9. The molecule has 0 amide bonds. The van der Waals surface area contributed by atoms with Gasteiger partial charge >= 0.3 is 0 Å². The van der Waals surface area contributed by atoms with Gasteiger partial charge in [0.25, 0.3) is 0 Å². The number of piperidine rings is 1. The summed E-state index contributed by atoms with van der Waals surface area (Å²) in [5.41, 5.74) is 4.03. The van der Waals surface area contributed by atoms with Gasteiger partial charge in [0.2, 0.25) is 0 Å². The topological polar surface area (TPSA) is 89.3 Å². The second kappa shape index (κ2) is 10.6. The van der Waals surface area contributed by atoms with Gasteiger partial charge in [-0.1, -0.05) is 42.5 Å². The van der Waals surface area contributed by atoms with Crippen LogP contribution < -0.4 is 0 Å². The smallest absolute Gasteiger partial charge is 0.175 e. The lowest BCUT2D eigenvalue weighted by atomic mass is 9.88. The average molecular weight is 552 g/mol. The van der Waals surface area contributed by atoms with Crippen LogP contribution in [0.3, 0.4) is 0 Å². The summed E-state index contributed by atoms with van der Waals surface area (Å²) < 4.78 is 49.8. The van der Waals surface area contributed by atoms with Crippen LogP contribution in [-0.2, 0) is 19.7 Å². The molecule has 3 aromatic carbocycles. The summed E-state index contributed by atoms with van der Waals surface area (Å²) in [7, 11) is -6.49. The first-order valence-corrected chi connectivity index (χ1v) is 16.6. The Hall–Kier alpha value is -3.01. The molecule has 1 aromatic heterocycles. The standard InChI is InChI=1S/C29H33N3O4S2/c1-37(33,34)25-10-8-23(9-11-25)27(22-6-4-3-5-7-22)16-19-31-17-14-24(15-18-31)32-21-30-28-20-26(38(2,35)36)12-13-29(28)32/h3-13,20-21,24,27H,14-19H2,1-2H3/t27-/m0/s1. The molecule has 1 fully saturated rings. The Morgan fingerprint density at radius 1 is 0.816 bits per heavy atom. The first kappa shape index (κ1) is 26.6. The van der Waals surface area contributed by atoms with E-state index in [1.165, 1.54) is 18.1 Å². The normalized spacial score (nSPS) is 16.6. The highest BCUT2D eigenvalue weighted by Gasteiger charge is 2.24. The van der Waals surface area contributed by atoms with Crippen LogP contribution in [0.2, 0.25) is 0 Å². The molecule has 0 bridgehead atoms. The second-order valence-electron chi connectivity index (χ2n) is 10.2. The summed E-state index contributed by atoms with van der Waals surface area (Å²) in [6, 6.07) is 23.2. The molecular formula is C29H33N3O4S2. The lowest BCUT2D eigenvalue weighted by Crippen LogP contribution is -2.35. The van der Waals surface area contributed by atoms with Crippen LogP contribution in [0.5, 0.6) is 0 Å². The molecule has 38 heavy (non-hydrogen) atoms. The number of rotatable bonds is 8. The van der Waals surface area contributed by atoms with E-state index in [2.05, 4.69) is 26.6 Å². The number of hydrogen-bond acceptors (Lipinski definition) is 6. The van der Waals surface area contributed by atoms with Gasteiger partial charge in [-0.05, 0) is 67.3 Å². The fourth-order valence-corrected chi connectivity index (χ4v) is 6.70. The van der Waals surface area contributed by atoms with E-state index in [1.54, 1.807) is 24.3 Å². The van der Waals surface area contributed by atoms with Gasteiger partial charge in [-0.15, -0.1) is 0 Å². The third-order valence-corrected chi connectivity index (χ3v) is 9.81. The van der Waals surface area contributed by atoms with Gasteiger partial charge in [0.1, 0.15) is 0 Å². The molecule has 1 saturated heterocycles. The Balaban J connectivity index is 1.26. The predicted octanol–water partition coefficient (Wildman–Crippen LogP) is 4.70. The Kier molecular flexibility index (Phi) is 7.44. The number of hydrogen-bond donors (Lipinski definition) is 0. The minimum atomic E-state index is -3.26. The molecule has 1 atom stereocenters. The Labute approximate surface area is 225 Å². The van der Waals surface area contributed by atoms with Crippen LogP contribution in [0.25, 0.3) is 11.0 Å². The van der Waals surface area contributed by atoms with Gasteiger partial charge < -0.3 is 9.47 Å². The van der Waals surface area contributed by atoms with Crippen molar-refractivity contribution in [2.24, 2.45) is 0 Å². The monoisotopic (exact) mass is 551 g/mol. The fraction of sp³-hybridized carbons (Fsp3) is 0.345. The highest BCUT2D eigenvalue weighted by Crippen LogP contribution is 2.31. The van der Waals surface area contributed by atoms with Gasteiger partial charge in [0, 0.05) is 37.6 Å². The molecule has 7 nitrogen and oxygen atoms in total. The summed E-state index contributed by atoms with van der Waals surface area (Å²) >= 11 is 0. The molecule has 5 rings (SSSR count). The fourth-order valence-electron chi connectivity index (χ4n) is 5.42. The molecule has 0 aliphatic carbocycles. The van der Waals surface area contributed by atoms with Crippen LogP contribution in [0.1, 0.15) is 42.3 Å². The third kappa shape index (κ3) is 5.85. The van der Waals surface area contributed by atoms with Crippen molar-refractivity contribution >= 4 is 30.7 Å². The van der Waals surface area contributed by atoms with Gasteiger partial charge in [0.05, 0.1) is 27.2 Å². The van der Waals surface area contributed by atoms with Crippen molar-refractivity contribution in [3.05, 3.63) is 90.3 Å². The number of nitrogens with zero attached hydrogens (tertiary/aromatic N) is 3. The summed E-state index contributed by atoms with van der Waals surface area (Å²) in [6.07, 6.45) is 7.22. The number of benzene rings is 3. The molecule has 1 aliphatic heterocycles. The van der Waals surface area contributed by atoms with Gasteiger partial charge in [-0.2, -0.15) is 0 Å². The van der Waals surface area contributed by atoms with E-state index in [4.69, 9.17) is 0 Å². The summed E-state index contributed by atoms with van der Waals surface area (Å²) in [5.74, 6) is 0.184. The SMILES string of the molecule is CS(=O)(=O)c1ccc([C@@H](CCN2CCC(n3cnc4cc(S(C)(=O)=O)ccc43)CC2)c2ccccc2)cc1. The summed E-state index contributed by atoms with van der Waals surface area (Å²) in [4.78, 5) is 7.62. The third-order valence-electron chi connectivity index (χ3n) is 7.57. The first-order chi connectivity index (χ1) is 18.1. The van der Waals surface area contributed by atoms with E-state index in [-0.39, 0.29) is 5.92 Å². The van der Waals surface area contributed by atoms with E-state index in [0.717, 1.165) is 50.0 Å². The number of sulfone groups is 2. The van der Waals surface area contributed by atoms with Crippen LogP contribution >= 0.6 is 0 Å². The average Bonchev–Trinajstić information content (AvgIpc) is 3.33. The van der Waals surface area contributed by atoms with Gasteiger partial charge in [-0.25, -0.2) is 21.8 Å². The summed E-state index contributed by atoms with van der Waals surface area (Å²) in [6.45, 7) is 2.89. The number of likely N-dealkylation sites (tertiary alicyclic amines) is 1. The largest absolute Gasteiger partial charge is 0.327 e. The van der Waals surface area contributed by atoms with Crippen molar-refractivity contribution in [2.75, 3.05) is 32.1 Å². The highest BCUT2D eigenvalue weighted by atomic mass is 32.2. The van der Waals surface area contributed by atoms with Crippen LogP contribution in [-0.4, -0.2) is 63.4 Å². The maximum atomic E-state index is 11.9. The predicted molar refractivity (Wildman–Crippen MR) is 150 cm³/mol. The minimum absolute atomic E-state index is 0.184. The van der Waals surface area contributed by atoms with E-state index < -0.39 is 19.7 Å². The van der Waals surface area contributed by atoms with Crippen molar-refractivity contribution in [1.29, 1.82) is 0 Å². The molecule has 1 aliphatic rings. The maximum Gasteiger partial charge on any atom is 0.175 e. The van der Waals surface area contributed by atoms with Crippen LogP contribution in [0, 0.1) is 0 Å². The van der Waals surface area contributed by atoms with E-state index in [9.17, 15) is 16.8 Å². The van der Waals surface area contributed by atoms with Gasteiger partial charge in [-0.3, -0.25) is 0 Å². The molecule has 4 aromatic rings. The molecule has 0 saturated carbocycles. The Bertz CT molecular complexity index is 1620. The van der Waals surface area contributed by atoms with Crippen molar-refractivity contribution in [3.8, 4) is 0 Å². The molecule has 0 N–H and O–H groups in total. The van der Waals surface area contributed by atoms with E-state index in [1.807, 2.05) is 42.7 Å². The minimum Gasteiger partial charge on any atom is -0.327 e. The lowest BCUT2D eigenvalue weighted by Gasteiger charge is -2.33. The van der Waals surface area contributed by atoms with E-state index in [0.29, 0.717) is 21.3 Å². The quantitative estimate of drug-likeness (QED) is 0.315. The second-order valence-corrected chi connectivity index (χ2v) is 14.3. The number of imidazole rings is 1. The number of aromatic nitrogens is 2. The highest BCUT2D eigenvalue weighted by molar-refractivity contribution is 7.91. The number of fused-ring (bicyclic) bond motifs is 1. The van der Waals surface area contributed by atoms with Crippen molar-refractivity contribution in [2.45, 2.75) is 41.0 Å². The zero-order valence-corrected chi connectivity index (χ0v) is 23.3. The van der Waals surface area contributed by atoms with E-state index >= 15 is 0 Å². The van der Waals surface area contributed by atoms with Crippen LogP contribution in [0.4, 0.5) is 0 Å². The molecule has 0 unspecified atom stereocenters. The Morgan fingerprint density at radius 2 is 1.42 bits per heavy atom. The van der Waals surface area contributed by atoms with Gasteiger partial charge in [0.15, 0.2) is 19.7 Å². The zero-order valence-electron chi connectivity index (χ0n) is 21.7. The summed E-state index contributed by atoms with van der Waals surface area (Å²) in [5, 5.41) is 0. The molecule has 0 radical (unpaired) electrons. The molecular weight excluding hydrogens is 518 g/mol. The molecule has 200 valence electrons. The van der Waals surface area contributed by atoms with Crippen molar-refractivity contribution in [1.82, 2.24) is 14.5 Å². The molecule has 2 heterocycles. The lowest BCUT2D eigenvalue weighted by molar-refractivity contribution is 0.184. The maximum absolute atomic E-state index is 11.9. The van der Waals surface area contributed by atoms with Crippen LogP contribution in [0.15, 0.2) is 88.9 Å². The Morgan fingerprint density at radius 3 is 2.05 bits per heavy atom.